The number of rotatable bonds is 3. The molecule has 3 rings (SSSR count). The second kappa shape index (κ2) is 5.73. The lowest BCUT2D eigenvalue weighted by molar-refractivity contribution is -0.681. The highest BCUT2D eigenvalue weighted by Crippen LogP contribution is 2.20. The zero-order chi connectivity index (χ0) is 15.5. The molecule has 1 heterocycles. The molecule has 0 saturated heterocycles. The molecule has 0 fully saturated rings. The first kappa shape index (κ1) is 13.9. The van der Waals surface area contributed by atoms with E-state index in [1.807, 2.05) is 48.5 Å². The number of aromatic nitrogens is 2. The molecular weight excluding hydrogens is 280 g/mol. The highest BCUT2D eigenvalue weighted by molar-refractivity contribution is 5.88. The number of carbonyl (C=O) groups excluding carboxylic acids is 1. The predicted octanol–water partition coefficient (Wildman–Crippen LogP) is 2.45. The molecule has 0 aliphatic rings. The summed E-state index contributed by atoms with van der Waals surface area (Å²) in [4.78, 5) is 12.1. The average molecular weight is 294 g/mol. The fourth-order valence-corrected chi connectivity index (χ4v) is 2.36. The van der Waals surface area contributed by atoms with Gasteiger partial charge in [0.1, 0.15) is 11.2 Å². The molecule has 5 nitrogen and oxygen atoms in total. The van der Waals surface area contributed by atoms with Crippen LogP contribution in [0.1, 0.15) is 5.56 Å². The van der Waals surface area contributed by atoms with Gasteiger partial charge < -0.3 is 9.94 Å². The number of hydrogen-bond donors (Lipinski definition) is 0. The van der Waals surface area contributed by atoms with Gasteiger partial charge in [-0.05, 0) is 24.3 Å². The Balaban J connectivity index is 2.17. The van der Waals surface area contributed by atoms with Crippen molar-refractivity contribution in [2.75, 3.05) is 7.11 Å². The Hall–Kier alpha value is -3.08. The molecule has 0 unspecified atom stereocenters. The molecule has 0 N–H and O–H groups in total. The van der Waals surface area contributed by atoms with Crippen molar-refractivity contribution in [1.29, 1.82) is 0 Å². The minimum absolute atomic E-state index is 0.442. The molecule has 1 aromatic heterocycles. The summed E-state index contributed by atoms with van der Waals surface area (Å²) in [5, 5.41) is 13.1. The van der Waals surface area contributed by atoms with Crippen LogP contribution in [0.2, 0.25) is 0 Å². The van der Waals surface area contributed by atoms with Gasteiger partial charge in [-0.15, -0.1) is 4.68 Å². The summed E-state index contributed by atoms with van der Waals surface area (Å²) in [6.07, 6.45) is 4.49. The topological polar surface area (TPSA) is 58.2 Å². The van der Waals surface area contributed by atoms with Gasteiger partial charge in [0.25, 0.3) is 0 Å². The van der Waals surface area contributed by atoms with Crippen LogP contribution < -0.4 is 4.85 Å². The molecular formula is C17H14N2O3. The van der Waals surface area contributed by atoms with Crippen LogP contribution in [0.4, 0.5) is 0 Å². The van der Waals surface area contributed by atoms with Gasteiger partial charge in [0.05, 0.1) is 12.5 Å². The fourth-order valence-electron chi connectivity index (χ4n) is 2.36. The van der Waals surface area contributed by atoms with Gasteiger partial charge >= 0.3 is 5.97 Å². The van der Waals surface area contributed by atoms with Crippen LogP contribution in [-0.2, 0) is 9.53 Å². The normalized spacial score (nSPS) is 11.1. The molecule has 3 aromatic rings. The van der Waals surface area contributed by atoms with Crippen LogP contribution >= 0.6 is 0 Å². The second-order valence-electron chi connectivity index (χ2n) is 4.72. The molecule has 0 atom stereocenters. The third-order valence-corrected chi connectivity index (χ3v) is 3.38. The third-order valence-electron chi connectivity index (χ3n) is 3.38. The monoisotopic (exact) mass is 294 g/mol. The second-order valence-corrected chi connectivity index (χ2v) is 4.72. The zero-order valence-corrected chi connectivity index (χ0v) is 12.0. The first-order valence-electron chi connectivity index (χ1n) is 6.76. The number of carbonyl (C=O) groups is 1. The fraction of sp³-hybridized carbons (Fsp3) is 0.0588. The molecule has 0 aliphatic heterocycles. The summed E-state index contributed by atoms with van der Waals surface area (Å²) in [6.45, 7) is 0. The van der Waals surface area contributed by atoms with Crippen LogP contribution in [0.15, 0.2) is 60.8 Å². The first-order chi connectivity index (χ1) is 10.7. The number of benzene rings is 2. The average Bonchev–Trinajstić information content (AvgIpc) is 2.88. The summed E-state index contributed by atoms with van der Waals surface area (Å²) >= 11 is 0. The van der Waals surface area contributed by atoms with Gasteiger partial charge in [-0.2, -0.15) is 0 Å². The minimum atomic E-state index is -0.442. The van der Waals surface area contributed by atoms with Crippen LogP contribution in [0, 0.1) is 5.21 Å². The number of fused-ring (bicyclic) bond motifs is 1. The van der Waals surface area contributed by atoms with Crippen molar-refractivity contribution in [3.8, 4) is 5.69 Å². The summed E-state index contributed by atoms with van der Waals surface area (Å²) in [5.74, 6) is -0.442. The quantitative estimate of drug-likeness (QED) is 0.323. The van der Waals surface area contributed by atoms with Crippen molar-refractivity contribution in [3.05, 3.63) is 71.6 Å². The number of para-hydroxylation sites is 2. The lowest BCUT2D eigenvalue weighted by Crippen LogP contribution is -2.35. The van der Waals surface area contributed by atoms with Crippen molar-refractivity contribution in [2.24, 2.45) is 0 Å². The highest BCUT2D eigenvalue weighted by Gasteiger charge is 2.15. The predicted molar refractivity (Wildman–Crippen MR) is 83.3 cm³/mol. The maximum absolute atomic E-state index is 12.2. The van der Waals surface area contributed by atoms with E-state index in [-0.39, 0.29) is 0 Å². The van der Waals surface area contributed by atoms with Crippen molar-refractivity contribution < 1.29 is 14.4 Å². The molecule has 0 bridgehead atoms. The Bertz CT molecular complexity index is 865. The standard InChI is InChI=1S/C17H14N2O3/c1-22-17(20)11-10-13-6-2-4-8-15(13)19-16-9-5-3-7-14(16)12-18(19)21/h2-12H,1H3/b11-10+. The van der Waals surface area contributed by atoms with Crippen molar-refractivity contribution >= 4 is 22.9 Å². The summed E-state index contributed by atoms with van der Waals surface area (Å²) < 4.78 is 6.16. The summed E-state index contributed by atoms with van der Waals surface area (Å²) in [6, 6.07) is 14.9. The first-order valence-corrected chi connectivity index (χ1v) is 6.76. The lowest BCUT2D eigenvalue weighted by Gasteiger charge is -2.07. The lowest BCUT2D eigenvalue weighted by atomic mass is 10.1. The van der Waals surface area contributed by atoms with E-state index in [0.29, 0.717) is 5.69 Å². The van der Waals surface area contributed by atoms with Gasteiger partial charge in [-0.3, -0.25) is 0 Å². The maximum Gasteiger partial charge on any atom is 0.330 e. The van der Waals surface area contributed by atoms with Gasteiger partial charge in [-0.25, -0.2) is 4.79 Å². The van der Waals surface area contributed by atoms with Crippen LogP contribution in [0.25, 0.3) is 22.7 Å². The Labute approximate surface area is 127 Å². The number of nitrogens with zero attached hydrogens (tertiary/aromatic N) is 2. The molecule has 0 aliphatic carbocycles. The Morgan fingerprint density at radius 2 is 1.91 bits per heavy atom. The van der Waals surface area contributed by atoms with Crippen LogP contribution in [0.5, 0.6) is 0 Å². The van der Waals surface area contributed by atoms with Crippen molar-refractivity contribution in [3.63, 3.8) is 0 Å². The maximum atomic E-state index is 12.2. The third kappa shape index (κ3) is 2.44. The molecule has 110 valence electrons. The van der Waals surface area contributed by atoms with E-state index in [1.165, 1.54) is 19.4 Å². The molecule has 2 aromatic carbocycles. The summed E-state index contributed by atoms with van der Waals surface area (Å²) in [5.41, 5.74) is 2.24. The number of ether oxygens (including phenoxy) is 1. The Morgan fingerprint density at radius 3 is 2.73 bits per heavy atom. The highest BCUT2D eigenvalue weighted by atomic mass is 16.5. The van der Waals surface area contributed by atoms with Gasteiger partial charge in [0.15, 0.2) is 0 Å². The van der Waals surface area contributed by atoms with E-state index in [2.05, 4.69) is 4.74 Å². The van der Waals surface area contributed by atoms with Crippen molar-refractivity contribution in [1.82, 2.24) is 4.68 Å². The molecule has 0 amide bonds. The van der Waals surface area contributed by atoms with Gasteiger partial charge in [-0.1, -0.05) is 35.2 Å². The minimum Gasteiger partial charge on any atom is -0.596 e. The van der Waals surface area contributed by atoms with E-state index >= 15 is 0 Å². The van der Waals surface area contributed by atoms with Crippen LogP contribution in [0.3, 0.4) is 0 Å². The molecule has 5 heteroatoms. The van der Waals surface area contributed by atoms with Crippen molar-refractivity contribution in [2.45, 2.75) is 0 Å². The van der Waals surface area contributed by atoms with E-state index in [0.717, 1.165) is 21.3 Å². The smallest absolute Gasteiger partial charge is 0.330 e. The number of methoxy groups -OCH3 is 1. The SMILES string of the molecule is COC(=O)/C=C/c1ccccc1-n1c2ccccc2c[n+]1[O-]. The molecule has 22 heavy (non-hydrogen) atoms. The number of hydrogen-bond acceptors (Lipinski definition) is 3. The summed E-state index contributed by atoms with van der Waals surface area (Å²) in [7, 11) is 1.32. The Kier molecular flexibility index (Phi) is 3.62. The van der Waals surface area contributed by atoms with Gasteiger partial charge in [0, 0.05) is 11.6 Å². The van der Waals surface area contributed by atoms with E-state index < -0.39 is 5.97 Å². The largest absolute Gasteiger partial charge is 0.596 e. The number of esters is 1. The van der Waals surface area contributed by atoms with E-state index in [4.69, 9.17) is 0 Å². The molecule has 0 saturated carbocycles. The van der Waals surface area contributed by atoms with Crippen LogP contribution in [-0.4, -0.2) is 17.8 Å². The van der Waals surface area contributed by atoms with Gasteiger partial charge in [0.2, 0.25) is 6.20 Å². The molecule has 0 spiro atoms. The van der Waals surface area contributed by atoms with E-state index in [9.17, 15) is 10.0 Å². The Morgan fingerprint density at radius 1 is 1.18 bits per heavy atom. The van der Waals surface area contributed by atoms with E-state index in [1.54, 1.807) is 10.8 Å². The zero-order valence-electron chi connectivity index (χ0n) is 12.0. The molecule has 0 radical (unpaired) electrons.